The fraction of sp³-hybridized carbons (Fsp3) is 0.667. The third-order valence-electron chi connectivity index (χ3n) is 1.40. The number of aryl methyl sites for hydroxylation is 1. The van der Waals surface area contributed by atoms with Crippen molar-refractivity contribution in [3.05, 3.63) is 17.5 Å². The average molecular weight is 200 g/mol. The van der Waals surface area contributed by atoms with E-state index in [4.69, 9.17) is 10.3 Å². The molecule has 4 heteroatoms. The van der Waals surface area contributed by atoms with Gasteiger partial charge in [-0.05, 0) is 20.8 Å². The number of thioether (sulfide) groups is 1. The highest BCUT2D eigenvalue weighted by molar-refractivity contribution is 7.98. The number of nitrogens with two attached hydrogens (primary N) is 1. The quantitative estimate of drug-likeness (QED) is 0.807. The molecule has 13 heavy (non-hydrogen) atoms. The van der Waals surface area contributed by atoms with Gasteiger partial charge in [0.25, 0.3) is 0 Å². The normalized spacial score (nSPS) is 12.0. The van der Waals surface area contributed by atoms with Crippen molar-refractivity contribution >= 4 is 11.8 Å². The van der Waals surface area contributed by atoms with E-state index in [2.05, 4.69) is 5.16 Å². The van der Waals surface area contributed by atoms with E-state index < -0.39 is 0 Å². The Morgan fingerprint density at radius 1 is 1.62 bits per heavy atom. The van der Waals surface area contributed by atoms with Crippen LogP contribution in [0.15, 0.2) is 10.6 Å². The van der Waals surface area contributed by atoms with Crippen molar-refractivity contribution in [2.75, 3.05) is 5.75 Å². The molecule has 3 nitrogen and oxygen atoms in total. The summed E-state index contributed by atoms with van der Waals surface area (Å²) in [5.41, 5.74) is 6.72. The molecular formula is C9H16N2OS. The molecule has 0 radical (unpaired) electrons. The Morgan fingerprint density at radius 3 is 2.77 bits per heavy atom. The predicted molar refractivity (Wildman–Crippen MR) is 55.7 cm³/mol. The fourth-order valence-corrected chi connectivity index (χ4v) is 1.88. The smallest absolute Gasteiger partial charge is 0.133 e. The summed E-state index contributed by atoms with van der Waals surface area (Å²) in [5.74, 6) is 2.67. The van der Waals surface area contributed by atoms with Crippen molar-refractivity contribution in [1.29, 1.82) is 0 Å². The SMILES string of the molecule is Cc1cc(CSCC(C)(C)N)no1. The van der Waals surface area contributed by atoms with Crippen molar-refractivity contribution in [2.45, 2.75) is 32.1 Å². The third kappa shape index (κ3) is 4.33. The monoisotopic (exact) mass is 200 g/mol. The number of rotatable bonds is 4. The van der Waals surface area contributed by atoms with E-state index in [-0.39, 0.29) is 5.54 Å². The zero-order chi connectivity index (χ0) is 9.90. The summed E-state index contributed by atoms with van der Waals surface area (Å²) < 4.78 is 4.95. The molecule has 0 fully saturated rings. The van der Waals surface area contributed by atoms with E-state index in [9.17, 15) is 0 Å². The molecule has 0 saturated heterocycles. The lowest BCUT2D eigenvalue weighted by Crippen LogP contribution is -2.34. The molecule has 0 aliphatic heterocycles. The molecule has 0 aliphatic carbocycles. The molecule has 0 saturated carbocycles. The van der Waals surface area contributed by atoms with Gasteiger partial charge in [0, 0.05) is 23.1 Å². The lowest BCUT2D eigenvalue weighted by atomic mass is 10.1. The van der Waals surface area contributed by atoms with E-state index >= 15 is 0 Å². The van der Waals surface area contributed by atoms with Gasteiger partial charge in [-0.3, -0.25) is 0 Å². The second kappa shape index (κ2) is 4.15. The summed E-state index contributed by atoms with van der Waals surface area (Å²) in [5, 5.41) is 3.90. The van der Waals surface area contributed by atoms with E-state index in [1.165, 1.54) is 0 Å². The first kappa shape index (κ1) is 10.6. The largest absolute Gasteiger partial charge is 0.361 e. The summed E-state index contributed by atoms with van der Waals surface area (Å²) in [6, 6.07) is 1.95. The van der Waals surface area contributed by atoms with Crippen LogP contribution in [0, 0.1) is 6.92 Å². The highest BCUT2D eigenvalue weighted by atomic mass is 32.2. The van der Waals surface area contributed by atoms with Crippen molar-refractivity contribution in [3.8, 4) is 0 Å². The molecule has 0 bridgehead atoms. The molecule has 1 rings (SSSR count). The summed E-state index contributed by atoms with van der Waals surface area (Å²) in [7, 11) is 0. The van der Waals surface area contributed by atoms with E-state index in [0.29, 0.717) is 0 Å². The molecular weight excluding hydrogens is 184 g/mol. The first-order valence-electron chi connectivity index (χ1n) is 4.26. The maximum absolute atomic E-state index is 5.84. The Morgan fingerprint density at radius 2 is 2.31 bits per heavy atom. The average Bonchev–Trinajstić information content (AvgIpc) is 2.33. The lowest BCUT2D eigenvalue weighted by Gasteiger charge is -2.16. The highest BCUT2D eigenvalue weighted by Crippen LogP contribution is 2.15. The van der Waals surface area contributed by atoms with Crippen LogP contribution >= 0.6 is 11.8 Å². The lowest BCUT2D eigenvalue weighted by molar-refractivity contribution is 0.393. The van der Waals surface area contributed by atoms with Crippen LogP contribution < -0.4 is 5.73 Å². The van der Waals surface area contributed by atoms with Crippen molar-refractivity contribution in [2.24, 2.45) is 5.73 Å². The zero-order valence-corrected chi connectivity index (χ0v) is 9.15. The van der Waals surface area contributed by atoms with Gasteiger partial charge in [-0.1, -0.05) is 5.16 Å². The van der Waals surface area contributed by atoms with Crippen molar-refractivity contribution in [3.63, 3.8) is 0 Å². The Bertz CT molecular complexity index is 265. The summed E-state index contributed by atoms with van der Waals surface area (Å²) in [6.45, 7) is 5.94. The molecule has 2 N–H and O–H groups in total. The second-order valence-electron chi connectivity index (χ2n) is 3.91. The van der Waals surface area contributed by atoms with Gasteiger partial charge in [-0.15, -0.1) is 0 Å². The maximum Gasteiger partial charge on any atom is 0.133 e. The van der Waals surface area contributed by atoms with Crippen LogP contribution in [0.5, 0.6) is 0 Å². The summed E-state index contributed by atoms with van der Waals surface area (Å²) >= 11 is 1.78. The van der Waals surface area contributed by atoms with Crippen molar-refractivity contribution < 1.29 is 4.52 Å². The molecule has 0 atom stereocenters. The predicted octanol–water partition coefficient (Wildman–Crippen LogP) is 1.95. The third-order valence-corrected chi connectivity index (χ3v) is 2.85. The van der Waals surface area contributed by atoms with E-state index in [1.807, 2.05) is 26.8 Å². The molecule has 74 valence electrons. The topological polar surface area (TPSA) is 52.0 Å². The van der Waals surface area contributed by atoms with Crippen LogP contribution in [0.3, 0.4) is 0 Å². The van der Waals surface area contributed by atoms with Crippen LogP contribution in [0.4, 0.5) is 0 Å². The Kier molecular flexibility index (Phi) is 3.39. The van der Waals surface area contributed by atoms with Crippen LogP contribution in [0.1, 0.15) is 25.3 Å². The molecule has 0 aliphatic rings. The van der Waals surface area contributed by atoms with Gasteiger partial charge in [0.15, 0.2) is 0 Å². The highest BCUT2D eigenvalue weighted by Gasteiger charge is 2.10. The number of aromatic nitrogens is 1. The molecule has 0 unspecified atom stereocenters. The minimum atomic E-state index is -0.108. The minimum Gasteiger partial charge on any atom is -0.361 e. The van der Waals surface area contributed by atoms with Crippen LogP contribution in [0.2, 0.25) is 0 Å². The number of nitrogens with zero attached hydrogens (tertiary/aromatic N) is 1. The molecule has 0 amide bonds. The van der Waals surface area contributed by atoms with E-state index in [0.717, 1.165) is 23.0 Å². The van der Waals surface area contributed by atoms with Gasteiger partial charge in [0.2, 0.25) is 0 Å². The van der Waals surface area contributed by atoms with Crippen LogP contribution in [0.25, 0.3) is 0 Å². The minimum absolute atomic E-state index is 0.108. The van der Waals surface area contributed by atoms with Gasteiger partial charge in [0.05, 0.1) is 5.69 Å². The van der Waals surface area contributed by atoms with Gasteiger partial charge in [-0.2, -0.15) is 11.8 Å². The first-order chi connectivity index (χ1) is 5.97. The fourth-order valence-electron chi connectivity index (χ4n) is 0.905. The second-order valence-corrected chi connectivity index (χ2v) is 4.90. The van der Waals surface area contributed by atoms with E-state index in [1.54, 1.807) is 11.8 Å². The van der Waals surface area contributed by atoms with Crippen LogP contribution in [-0.2, 0) is 5.75 Å². The summed E-state index contributed by atoms with van der Waals surface area (Å²) in [4.78, 5) is 0. The number of hydrogen-bond donors (Lipinski definition) is 1. The maximum atomic E-state index is 5.84. The Labute approximate surface area is 83.0 Å². The van der Waals surface area contributed by atoms with Gasteiger partial charge in [-0.25, -0.2) is 0 Å². The molecule has 0 aromatic carbocycles. The first-order valence-corrected chi connectivity index (χ1v) is 5.42. The Balaban J connectivity index is 2.28. The standard InChI is InChI=1S/C9H16N2OS/c1-7-4-8(11-12-7)5-13-6-9(2,3)10/h4H,5-6,10H2,1-3H3. The molecule has 1 aromatic rings. The van der Waals surface area contributed by atoms with Crippen LogP contribution in [-0.4, -0.2) is 16.4 Å². The Hall–Kier alpha value is -0.480. The van der Waals surface area contributed by atoms with Gasteiger partial charge in [0.1, 0.15) is 5.76 Å². The van der Waals surface area contributed by atoms with Gasteiger partial charge < -0.3 is 10.3 Å². The van der Waals surface area contributed by atoms with Gasteiger partial charge >= 0.3 is 0 Å². The molecule has 1 heterocycles. The zero-order valence-electron chi connectivity index (χ0n) is 8.33. The summed E-state index contributed by atoms with van der Waals surface area (Å²) in [6.07, 6.45) is 0. The number of hydrogen-bond acceptors (Lipinski definition) is 4. The molecule has 0 spiro atoms. The van der Waals surface area contributed by atoms with Crippen molar-refractivity contribution in [1.82, 2.24) is 5.16 Å². The molecule has 1 aromatic heterocycles.